The fraction of sp³-hybridized carbons (Fsp3) is 0.538. The molecule has 18 heavy (non-hydrogen) atoms. The van der Waals surface area contributed by atoms with Gasteiger partial charge in [0.15, 0.2) is 0 Å². The van der Waals surface area contributed by atoms with Gasteiger partial charge < -0.3 is 5.73 Å². The fourth-order valence-corrected chi connectivity index (χ4v) is 4.09. The van der Waals surface area contributed by atoms with Crippen molar-refractivity contribution in [2.75, 3.05) is 18.8 Å². The molecule has 2 rings (SSSR count). The van der Waals surface area contributed by atoms with Crippen molar-refractivity contribution in [1.29, 1.82) is 0 Å². The van der Waals surface area contributed by atoms with Crippen molar-refractivity contribution >= 4 is 15.7 Å². The van der Waals surface area contributed by atoms with Crippen molar-refractivity contribution in [3.8, 4) is 0 Å². The molecular formula is C13H20N2O2S. The van der Waals surface area contributed by atoms with E-state index in [4.69, 9.17) is 5.73 Å². The number of nitrogens with two attached hydrogens (primary N) is 1. The number of sulfonamides is 1. The second kappa shape index (κ2) is 5.28. The Hall–Kier alpha value is -1.07. The molecule has 0 unspecified atom stereocenters. The molecule has 1 fully saturated rings. The van der Waals surface area contributed by atoms with Gasteiger partial charge >= 0.3 is 0 Å². The molecule has 5 heteroatoms. The second-order valence-corrected chi connectivity index (χ2v) is 6.75. The van der Waals surface area contributed by atoms with E-state index in [0.717, 1.165) is 31.2 Å². The Morgan fingerprint density at radius 3 is 2.33 bits per heavy atom. The van der Waals surface area contributed by atoms with Crippen molar-refractivity contribution in [1.82, 2.24) is 4.31 Å². The van der Waals surface area contributed by atoms with Crippen LogP contribution in [0.1, 0.15) is 31.2 Å². The summed E-state index contributed by atoms with van der Waals surface area (Å²) in [5, 5.41) is 0. The quantitative estimate of drug-likeness (QED) is 0.836. The molecule has 0 amide bonds. The van der Waals surface area contributed by atoms with E-state index >= 15 is 0 Å². The highest BCUT2D eigenvalue weighted by molar-refractivity contribution is 7.89. The summed E-state index contributed by atoms with van der Waals surface area (Å²) in [5.74, 6) is 0. The van der Waals surface area contributed by atoms with Crippen LogP contribution in [0, 0.1) is 6.92 Å². The van der Waals surface area contributed by atoms with Gasteiger partial charge in [-0.2, -0.15) is 4.31 Å². The second-order valence-electron chi connectivity index (χ2n) is 4.84. The van der Waals surface area contributed by atoms with Gasteiger partial charge in [0.25, 0.3) is 0 Å². The average molecular weight is 268 g/mol. The minimum atomic E-state index is -3.39. The van der Waals surface area contributed by atoms with Crippen molar-refractivity contribution < 1.29 is 8.42 Å². The first kappa shape index (κ1) is 13.4. The van der Waals surface area contributed by atoms with E-state index in [1.165, 1.54) is 0 Å². The monoisotopic (exact) mass is 268 g/mol. The molecule has 2 N–H and O–H groups in total. The van der Waals surface area contributed by atoms with Gasteiger partial charge in [0.2, 0.25) is 10.0 Å². The van der Waals surface area contributed by atoms with Gasteiger partial charge in [-0.3, -0.25) is 0 Å². The van der Waals surface area contributed by atoms with Gasteiger partial charge in [-0.05, 0) is 37.5 Å². The third-order valence-electron chi connectivity index (χ3n) is 3.40. The molecule has 100 valence electrons. The molecule has 0 spiro atoms. The van der Waals surface area contributed by atoms with Crippen LogP contribution in [0.5, 0.6) is 0 Å². The molecule has 1 aromatic carbocycles. The largest absolute Gasteiger partial charge is 0.399 e. The van der Waals surface area contributed by atoms with Gasteiger partial charge in [-0.25, -0.2) is 8.42 Å². The predicted molar refractivity (Wildman–Crippen MR) is 72.8 cm³/mol. The van der Waals surface area contributed by atoms with Crippen LogP contribution in [0.25, 0.3) is 0 Å². The minimum Gasteiger partial charge on any atom is -0.399 e. The normalized spacial score (nSPS) is 18.5. The third kappa shape index (κ3) is 2.67. The summed E-state index contributed by atoms with van der Waals surface area (Å²) in [6, 6.07) is 5.06. The van der Waals surface area contributed by atoms with E-state index in [2.05, 4.69) is 0 Å². The highest BCUT2D eigenvalue weighted by atomic mass is 32.2. The number of rotatable bonds is 2. The first-order valence-electron chi connectivity index (χ1n) is 6.38. The van der Waals surface area contributed by atoms with Crippen molar-refractivity contribution in [2.24, 2.45) is 0 Å². The fourth-order valence-electron chi connectivity index (χ4n) is 2.32. The Balaban J connectivity index is 2.37. The lowest BCUT2D eigenvalue weighted by Gasteiger charge is -2.21. The summed E-state index contributed by atoms with van der Waals surface area (Å²) in [7, 11) is -3.39. The number of hydrogen-bond donors (Lipinski definition) is 1. The Kier molecular flexibility index (Phi) is 3.92. The zero-order chi connectivity index (χ0) is 13.2. The summed E-state index contributed by atoms with van der Waals surface area (Å²) in [6.45, 7) is 3.05. The number of aryl methyl sites for hydroxylation is 1. The van der Waals surface area contributed by atoms with Crippen LogP contribution in [-0.4, -0.2) is 25.8 Å². The summed E-state index contributed by atoms with van der Waals surface area (Å²) < 4.78 is 26.8. The maximum atomic E-state index is 12.6. The molecule has 0 aromatic heterocycles. The number of hydrogen-bond acceptors (Lipinski definition) is 3. The van der Waals surface area contributed by atoms with Gasteiger partial charge in [0.05, 0.1) is 4.90 Å². The Morgan fingerprint density at radius 1 is 1.11 bits per heavy atom. The molecule has 0 atom stereocenters. The van der Waals surface area contributed by atoms with Crippen LogP contribution in [0.15, 0.2) is 23.1 Å². The SMILES string of the molecule is Cc1ccc(N)cc1S(=O)(=O)N1CCCCCC1. The smallest absolute Gasteiger partial charge is 0.243 e. The maximum absolute atomic E-state index is 12.6. The first-order valence-corrected chi connectivity index (χ1v) is 7.82. The van der Waals surface area contributed by atoms with Gasteiger partial charge in [-0.1, -0.05) is 18.9 Å². The maximum Gasteiger partial charge on any atom is 0.243 e. The minimum absolute atomic E-state index is 0.351. The molecule has 1 heterocycles. The van der Waals surface area contributed by atoms with E-state index in [0.29, 0.717) is 23.7 Å². The number of anilines is 1. The molecule has 0 saturated carbocycles. The Morgan fingerprint density at radius 2 is 1.72 bits per heavy atom. The van der Waals surface area contributed by atoms with Crippen LogP contribution < -0.4 is 5.73 Å². The van der Waals surface area contributed by atoms with E-state index < -0.39 is 10.0 Å². The van der Waals surface area contributed by atoms with Gasteiger partial charge in [0, 0.05) is 18.8 Å². The van der Waals surface area contributed by atoms with Crippen LogP contribution >= 0.6 is 0 Å². The molecular weight excluding hydrogens is 248 g/mol. The van der Waals surface area contributed by atoms with Crippen molar-refractivity contribution in [2.45, 2.75) is 37.5 Å². The molecule has 1 aliphatic rings. The number of nitrogens with zero attached hydrogens (tertiary/aromatic N) is 1. The lowest BCUT2D eigenvalue weighted by Crippen LogP contribution is -2.32. The molecule has 1 saturated heterocycles. The van der Waals surface area contributed by atoms with Gasteiger partial charge in [-0.15, -0.1) is 0 Å². The molecule has 0 aliphatic carbocycles. The van der Waals surface area contributed by atoms with Crippen molar-refractivity contribution in [3.63, 3.8) is 0 Å². The van der Waals surface area contributed by atoms with Gasteiger partial charge in [0.1, 0.15) is 0 Å². The average Bonchev–Trinajstić information content (AvgIpc) is 2.61. The van der Waals surface area contributed by atoms with Crippen LogP contribution in [0.4, 0.5) is 5.69 Å². The molecule has 0 radical (unpaired) electrons. The molecule has 1 aliphatic heterocycles. The zero-order valence-electron chi connectivity index (χ0n) is 10.7. The van der Waals surface area contributed by atoms with Crippen LogP contribution in [0.3, 0.4) is 0 Å². The van der Waals surface area contributed by atoms with Crippen LogP contribution in [-0.2, 0) is 10.0 Å². The molecule has 1 aromatic rings. The standard InChI is InChI=1S/C13H20N2O2S/c1-11-6-7-12(14)10-13(11)18(16,17)15-8-4-2-3-5-9-15/h6-7,10H,2-5,8-9,14H2,1H3. The Labute approximate surface area is 109 Å². The lowest BCUT2D eigenvalue weighted by atomic mass is 10.2. The number of nitrogen functional groups attached to an aromatic ring is 1. The predicted octanol–water partition coefficient (Wildman–Crippen LogP) is 2.14. The first-order chi connectivity index (χ1) is 8.51. The van der Waals surface area contributed by atoms with E-state index in [9.17, 15) is 8.42 Å². The highest BCUT2D eigenvalue weighted by Gasteiger charge is 2.26. The highest BCUT2D eigenvalue weighted by Crippen LogP contribution is 2.24. The topological polar surface area (TPSA) is 63.4 Å². The van der Waals surface area contributed by atoms with E-state index in [1.807, 2.05) is 6.92 Å². The molecule has 4 nitrogen and oxygen atoms in total. The van der Waals surface area contributed by atoms with Crippen LogP contribution in [0.2, 0.25) is 0 Å². The lowest BCUT2D eigenvalue weighted by molar-refractivity contribution is 0.423. The zero-order valence-corrected chi connectivity index (χ0v) is 11.5. The summed E-state index contributed by atoms with van der Waals surface area (Å²) in [6.07, 6.45) is 4.12. The summed E-state index contributed by atoms with van der Waals surface area (Å²) in [5.41, 5.74) is 6.95. The van der Waals surface area contributed by atoms with E-state index in [1.54, 1.807) is 22.5 Å². The number of benzene rings is 1. The Bertz CT molecular complexity index is 518. The van der Waals surface area contributed by atoms with E-state index in [-0.39, 0.29) is 0 Å². The summed E-state index contributed by atoms with van der Waals surface area (Å²) in [4.78, 5) is 0.351. The summed E-state index contributed by atoms with van der Waals surface area (Å²) >= 11 is 0. The third-order valence-corrected chi connectivity index (χ3v) is 5.44. The molecule has 0 bridgehead atoms. The van der Waals surface area contributed by atoms with Crippen molar-refractivity contribution in [3.05, 3.63) is 23.8 Å².